The van der Waals surface area contributed by atoms with Gasteiger partial charge in [-0.25, -0.2) is 0 Å². The molecule has 0 aromatic heterocycles. The van der Waals surface area contributed by atoms with E-state index >= 15 is 0 Å². The van der Waals surface area contributed by atoms with Crippen molar-refractivity contribution in [2.45, 2.75) is 19.4 Å². The summed E-state index contributed by atoms with van der Waals surface area (Å²) in [6.45, 7) is 2.79. The normalized spacial score (nSPS) is 12.2. The highest BCUT2D eigenvalue weighted by atomic mass is 79.9. The molecule has 0 saturated carbocycles. The fourth-order valence-corrected chi connectivity index (χ4v) is 2.25. The second kappa shape index (κ2) is 6.73. The number of aliphatic hydroxyl groups is 1. The van der Waals surface area contributed by atoms with E-state index in [1.54, 1.807) is 0 Å². The molecule has 2 nitrogen and oxygen atoms in total. The Bertz CT molecular complexity index is 523. The number of rotatable bonds is 5. The molecule has 2 aromatic carbocycles. The standard InChI is InChI=1S/C16H17BrO2/c1-2-10-19-15-8-6-12(7-9-15)16(18)13-4-3-5-14(17)11-13/h3-9,11,16,18H,2,10H2,1H3. The van der Waals surface area contributed by atoms with Gasteiger partial charge >= 0.3 is 0 Å². The van der Waals surface area contributed by atoms with Crippen LogP contribution in [0.1, 0.15) is 30.6 Å². The van der Waals surface area contributed by atoms with E-state index in [1.165, 1.54) is 0 Å². The van der Waals surface area contributed by atoms with Crippen molar-refractivity contribution in [2.24, 2.45) is 0 Å². The zero-order valence-corrected chi connectivity index (χ0v) is 12.4. The topological polar surface area (TPSA) is 29.5 Å². The lowest BCUT2D eigenvalue weighted by atomic mass is 10.0. The quantitative estimate of drug-likeness (QED) is 0.889. The van der Waals surface area contributed by atoms with Crippen LogP contribution in [-0.2, 0) is 0 Å². The van der Waals surface area contributed by atoms with Crippen molar-refractivity contribution in [1.29, 1.82) is 0 Å². The number of benzene rings is 2. The minimum atomic E-state index is -0.613. The SMILES string of the molecule is CCCOc1ccc(C(O)c2cccc(Br)c2)cc1. The van der Waals surface area contributed by atoms with Gasteiger partial charge < -0.3 is 9.84 Å². The molecule has 1 unspecified atom stereocenters. The Hall–Kier alpha value is -1.32. The second-order valence-electron chi connectivity index (χ2n) is 4.38. The maximum atomic E-state index is 10.3. The minimum absolute atomic E-state index is 0.613. The zero-order chi connectivity index (χ0) is 13.7. The van der Waals surface area contributed by atoms with Gasteiger partial charge in [0.15, 0.2) is 0 Å². The third kappa shape index (κ3) is 3.82. The van der Waals surface area contributed by atoms with Gasteiger partial charge in [0.25, 0.3) is 0 Å². The van der Waals surface area contributed by atoms with Crippen LogP contribution in [0.2, 0.25) is 0 Å². The maximum absolute atomic E-state index is 10.3. The fraction of sp³-hybridized carbons (Fsp3) is 0.250. The number of ether oxygens (including phenoxy) is 1. The molecule has 100 valence electrons. The Morgan fingerprint density at radius 3 is 2.47 bits per heavy atom. The predicted molar refractivity (Wildman–Crippen MR) is 80.4 cm³/mol. The van der Waals surface area contributed by atoms with E-state index in [9.17, 15) is 5.11 Å². The summed E-state index contributed by atoms with van der Waals surface area (Å²) in [4.78, 5) is 0. The summed E-state index contributed by atoms with van der Waals surface area (Å²) >= 11 is 3.41. The molecule has 2 aromatic rings. The molecular formula is C16H17BrO2. The Morgan fingerprint density at radius 1 is 1.11 bits per heavy atom. The second-order valence-corrected chi connectivity index (χ2v) is 5.29. The third-order valence-corrected chi connectivity index (χ3v) is 3.33. The fourth-order valence-electron chi connectivity index (χ4n) is 1.84. The molecule has 3 heteroatoms. The Kier molecular flexibility index (Phi) is 5.00. The van der Waals surface area contributed by atoms with Crippen molar-refractivity contribution in [2.75, 3.05) is 6.61 Å². The van der Waals surface area contributed by atoms with Gasteiger partial charge in [0.2, 0.25) is 0 Å². The Morgan fingerprint density at radius 2 is 1.84 bits per heavy atom. The molecule has 0 heterocycles. The zero-order valence-electron chi connectivity index (χ0n) is 10.8. The van der Waals surface area contributed by atoms with Gasteiger partial charge in [-0.2, -0.15) is 0 Å². The van der Waals surface area contributed by atoms with E-state index in [4.69, 9.17) is 4.74 Å². The first kappa shape index (κ1) is 14.1. The number of hydrogen-bond donors (Lipinski definition) is 1. The smallest absolute Gasteiger partial charge is 0.119 e. The van der Waals surface area contributed by atoms with Crippen molar-refractivity contribution in [3.8, 4) is 5.75 Å². The van der Waals surface area contributed by atoms with E-state index < -0.39 is 6.10 Å². The highest BCUT2D eigenvalue weighted by molar-refractivity contribution is 9.10. The summed E-state index contributed by atoms with van der Waals surface area (Å²) in [5, 5.41) is 10.3. The molecule has 0 saturated heterocycles. The van der Waals surface area contributed by atoms with Crippen molar-refractivity contribution in [1.82, 2.24) is 0 Å². The molecule has 19 heavy (non-hydrogen) atoms. The van der Waals surface area contributed by atoms with Gasteiger partial charge in [0.1, 0.15) is 11.9 Å². The number of hydrogen-bond acceptors (Lipinski definition) is 2. The van der Waals surface area contributed by atoms with Crippen LogP contribution in [0.25, 0.3) is 0 Å². The van der Waals surface area contributed by atoms with E-state index in [2.05, 4.69) is 22.9 Å². The number of aliphatic hydroxyl groups excluding tert-OH is 1. The van der Waals surface area contributed by atoms with E-state index in [0.717, 1.165) is 27.8 Å². The van der Waals surface area contributed by atoms with Crippen molar-refractivity contribution < 1.29 is 9.84 Å². The average Bonchev–Trinajstić information content (AvgIpc) is 2.45. The monoisotopic (exact) mass is 320 g/mol. The molecule has 0 radical (unpaired) electrons. The molecule has 2 rings (SSSR count). The van der Waals surface area contributed by atoms with Gasteiger partial charge in [-0.3, -0.25) is 0 Å². The summed E-state index contributed by atoms with van der Waals surface area (Å²) in [7, 11) is 0. The van der Waals surface area contributed by atoms with Gasteiger partial charge in [-0.15, -0.1) is 0 Å². The molecule has 0 spiro atoms. The summed E-state index contributed by atoms with van der Waals surface area (Å²) in [6, 6.07) is 15.3. The molecule has 1 atom stereocenters. The van der Waals surface area contributed by atoms with Gasteiger partial charge in [0.05, 0.1) is 6.61 Å². The van der Waals surface area contributed by atoms with Crippen LogP contribution in [0.15, 0.2) is 53.0 Å². The average molecular weight is 321 g/mol. The molecule has 1 N–H and O–H groups in total. The molecule has 0 aliphatic carbocycles. The molecule has 0 bridgehead atoms. The Labute approximate surface area is 122 Å². The summed E-state index contributed by atoms with van der Waals surface area (Å²) in [6.07, 6.45) is 0.375. The Balaban J connectivity index is 2.13. The van der Waals surface area contributed by atoms with Gasteiger partial charge in [0, 0.05) is 4.47 Å². The van der Waals surface area contributed by atoms with Crippen LogP contribution in [0.5, 0.6) is 5.75 Å². The van der Waals surface area contributed by atoms with Crippen LogP contribution in [0.3, 0.4) is 0 Å². The summed E-state index contributed by atoms with van der Waals surface area (Å²) in [5.74, 6) is 0.840. The lowest BCUT2D eigenvalue weighted by Crippen LogP contribution is -2.00. The summed E-state index contributed by atoms with van der Waals surface area (Å²) in [5.41, 5.74) is 1.73. The van der Waals surface area contributed by atoms with Crippen LogP contribution in [0, 0.1) is 0 Å². The molecule has 0 fully saturated rings. The van der Waals surface area contributed by atoms with Gasteiger partial charge in [-0.05, 0) is 41.8 Å². The lowest BCUT2D eigenvalue weighted by molar-refractivity contribution is 0.220. The highest BCUT2D eigenvalue weighted by Gasteiger charge is 2.10. The third-order valence-electron chi connectivity index (χ3n) is 2.83. The molecular weight excluding hydrogens is 304 g/mol. The van der Waals surface area contributed by atoms with Crippen molar-refractivity contribution in [3.05, 3.63) is 64.1 Å². The first-order chi connectivity index (χ1) is 9.20. The van der Waals surface area contributed by atoms with E-state index in [0.29, 0.717) is 6.61 Å². The summed E-state index contributed by atoms with van der Waals surface area (Å²) < 4.78 is 6.49. The van der Waals surface area contributed by atoms with Crippen LogP contribution in [0.4, 0.5) is 0 Å². The first-order valence-electron chi connectivity index (χ1n) is 6.37. The molecule has 0 aliphatic rings. The van der Waals surface area contributed by atoms with Crippen molar-refractivity contribution >= 4 is 15.9 Å². The van der Waals surface area contributed by atoms with Gasteiger partial charge in [-0.1, -0.05) is 47.1 Å². The largest absolute Gasteiger partial charge is 0.494 e. The number of halogens is 1. The van der Waals surface area contributed by atoms with E-state index in [1.807, 2.05) is 48.5 Å². The van der Waals surface area contributed by atoms with Crippen LogP contribution >= 0.6 is 15.9 Å². The minimum Gasteiger partial charge on any atom is -0.494 e. The van der Waals surface area contributed by atoms with Crippen LogP contribution < -0.4 is 4.74 Å². The predicted octanol–water partition coefficient (Wildman–Crippen LogP) is 4.32. The maximum Gasteiger partial charge on any atom is 0.119 e. The molecule has 0 aliphatic heterocycles. The van der Waals surface area contributed by atoms with E-state index in [-0.39, 0.29) is 0 Å². The molecule has 0 amide bonds. The van der Waals surface area contributed by atoms with Crippen LogP contribution in [-0.4, -0.2) is 11.7 Å². The highest BCUT2D eigenvalue weighted by Crippen LogP contribution is 2.25. The lowest BCUT2D eigenvalue weighted by Gasteiger charge is -2.12. The van der Waals surface area contributed by atoms with Crippen molar-refractivity contribution in [3.63, 3.8) is 0 Å². The first-order valence-corrected chi connectivity index (χ1v) is 7.16.